The van der Waals surface area contributed by atoms with E-state index < -0.39 is 28.1 Å². The summed E-state index contributed by atoms with van der Waals surface area (Å²) in [5.41, 5.74) is -1.19. The molecule has 3 aromatic rings. The summed E-state index contributed by atoms with van der Waals surface area (Å²) < 4.78 is 53.9. The van der Waals surface area contributed by atoms with Gasteiger partial charge in [-0.25, -0.2) is 14.1 Å². The number of nitrogens with zero attached hydrogens (tertiary/aromatic N) is 5. The van der Waals surface area contributed by atoms with Crippen molar-refractivity contribution >= 4 is 27.8 Å². The highest BCUT2D eigenvalue weighted by Crippen LogP contribution is 2.35. The van der Waals surface area contributed by atoms with Crippen molar-refractivity contribution in [2.75, 3.05) is 5.32 Å². The van der Waals surface area contributed by atoms with Crippen molar-refractivity contribution in [3.05, 3.63) is 57.8 Å². The van der Waals surface area contributed by atoms with E-state index in [1.54, 1.807) is 18.2 Å². The number of anilines is 1. The maximum Gasteiger partial charge on any atom is 0.436 e. The fraction of sp³-hybridized carbons (Fsp3) is 0.200. The number of halogens is 5. The molecule has 0 saturated carbocycles. The Hall–Kier alpha value is -2.76. The summed E-state index contributed by atoms with van der Waals surface area (Å²) in [6.45, 7) is 0.0726. The first-order chi connectivity index (χ1) is 12.7. The molecule has 0 aliphatic rings. The van der Waals surface area contributed by atoms with Crippen LogP contribution in [0.4, 0.5) is 23.5 Å². The van der Waals surface area contributed by atoms with Gasteiger partial charge in [0.05, 0.1) is 11.0 Å². The molecule has 0 aliphatic heterocycles. The lowest BCUT2D eigenvalue weighted by atomic mass is 10.2. The van der Waals surface area contributed by atoms with Crippen LogP contribution in [0.2, 0.25) is 0 Å². The maximum absolute atomic E-state index is 13.7. The van der Waals surface area contributed by atoms with Gasteiger partial charge in [-0.3, -0.25) is 14.8 Å². The Bertz CT molecular complexity index is 997. The molecule has 0 fully saturated rings. The molecule has 0 aliphatic carbocycles. The normalized spacial score (nSPS) is 11.6. The number of benzene rings is 1. The van der Waals surface area contributed by atoms with E-state index in [2.05, 4.69) is 36.4 Å². The molecule has 142 valence electrons. The van der Waals surface area contributed by atoms with E-state index in [1.165, 1.54) is 24.1 Å². The van der Waals surface area contributed by atoms with E-state index in [1.807, 2.05) is 0 Å². The molecule has 7 nitrogen and oxygen atoms in total. The maximum atomic E-state index is 13.7. The molecule has 1 N–H and O–H groups in total. The molecule has 2 heterocycles. The fourth-order valence-electron chi connectivity index (χ4n) is 2.32. The first kappa shape index (κ1) is 19.0. The van der Waals surface area contributed by atoms with Crippen molar-refractivity contribution < 1.29 is 22.4 Å². The molecule has 0 radical (unpaired) electrons. The average Bonchev–Trinajstić information content (AvgIpc) is 3.13. The third-order valence-electron chi connectivity index (χ3n) is 3.52. The van der Waals surface area contributed by atoms with Crippen molar-refractivity contribution in [2.45, 2.75) is 12.7 Å². The Labute approximate surface area is 158 Å². The summed E-state index contributed by atoms with van der Waals surface area (Å²) in [6.07, 6.45) is -3.45. The van der Waals surface area contributed by atoms with E-state index in [4.69, 9.17) is 0 Å². The Balaban J connectivity index is 1.77. The van der Waals surface area contributed by atoms with Crippen LogP contribution in [0.15, 0.2) is 35.1 Å². The molecule has 12 heteroatoms. The fourth-order valence-corrected chi connectivity index (χ4v) is 3.06. The van der Waals surface area contributed by atoms with Crippen LogP contribution in [0.3, 0.4) is 0 Å². The van der Waals surface area contributed by atoms with Crippen LogP contribution in [-0.4, -0.2) is 30.5 Å². The van der Waals surface area contributed by atoms with Gasteiger partial charge in [-0.05, 0) is 22.0 Å². The van der Waals surface area contributed by atoms with Crippen molar-refractivity contribution in [1.82, 2.24) is 24.5 Å². The predicted octanol–water partition coefficient (Wildman–Crippen LogP) is 3.23. The van der Waals surface area contributed by atoms with E-state index in [9.17, 15) is 22.4 Å². The molecular formula is C15H11BrF4N6O. The zero-order chi connectivity index (χ0) is 19.8. The van der Waals surface area contributed by atoms with Gasteiger partial charge in [0.25, 0.3) is 5.91 Å². The number of aromatic nitrogens is 5. The second-order valence-electron chi connectivity index (χ2n) is 5.44. The SMILES string of the molecule is Cn1nc(C(F)(F)F)c(Br)c1C(=O)Nc1ncn(Cc2ccccc2F)n1. The third-order valence-corrected chi connectivity index (χ3v) is 4.28. The summed E-state index contributed by atoms with van der Waals surface area (Å²) in [7, 11) is 1.21. The Morgan fingerprint density at radius 2 is 1.96 bits per heavy atom. The molecule has 0 bridgehead atoms. The number of aryl methyl sites for hydroxylation is 1. The molecule has 27 heavy (non-hydrogen) atoms. The van der Waals surface area contributed by atoms with E-state index in [0.29, 0.717) is 5.56 Å². The van der Waals surface area contributed by atoms with Crippen LogP contribution in [0, 0.1) is 5.82 Å². The number of rotatable bonds is 4. The lowest BCUT2D eigenvalue weighted by Gasteiger charge is -2.04. The van der Waals surface area contributed by atoms with Gasteiger partial charge in [-0.1, -0.05) is 18.2 Å². The van der Waals surface area contributed by atoms with Crippen molar-refractivity contribution in [1.29, 1.82) is 0 Å². The number of carbonyl (C=O) groups excluding carboxylic acids is 1. The number of carbonyl (C=O) groups is 1. The van der Waals surface area contributed by atoms with Gasteiger partial charge in [0.15, 0.2) is 5.69 Å². The minimum atomic E-state index is -4.71. The molecule has 1 aromatic carbocycles. The second kappa shape index (κ2) is 7.10. The van der Waals surface area contributed by atoms with Gasteiger partial charge in [-0.2, -0.15) is 18.3 Å². The highest BCUT2D eigenvalue weighted by atomic mass is 79.9. The number of alkyl halides is 3. The molecule has 0 spiro atoms. The van der Waals surface area contributed by atoms with Crippen LogP contribution in [0.5, 0.6) is 0 Å². The summed E-state index contributed by atoms with van der Waals surface area (Å²) >= 11 is 2.76. The summed E-state index contributed by atoms with van der Waals surface area (Å²) in [5, 5.41) is 9.57. The average molecular weight is 447 g/mol. The highest BCUT2D eigenvalue weighted by molar-refractivity contribution is 9.10. The molecule has 0 atom stereocenters. The van der Waals surface area contributed by atoms with Gasteiger partial charge in [-0.15, -0.1) is 5.10 Å². The molecule has 3 rings (SSSR count). The topological polar surface area (TPSA) is 77.6 Å². The summed E-state index contributed by atoms with van der Waals surface area (Å²) in [6, 6.07) is 6.08. The van der Waals surface area contributed by atoms with Crippen LogP contribution < -0.4 is 5.32 Å². The van der Waals surface area contributed by atoms with Crippen molar-refractivity contribution in [3.63, 3.8) is 0 Å². The van der Waals surface area contributed by atoms with Gasteiger partial charge in [0.1, 0.15) is 17.8 Å². The van der Waals surface area contributed by atoms with E-state index in [0.717, 1.165) is 4.68 Å². The van der Waals surface area contributed by atoms with E-state index >= 15 is 0 Å². The first-order valence-electron chi connectivity index (χ1n) is 7.40. The van der Waals surface area contributed by atoms with Crippen LogP contribution in [0.25, 0.3) is 0 Å². The van der Waals surface area contributed by atoms with E-state index in [-0.39, 0.29) is 18.2 Å². The number of amides is 1. The minimum absolute atomic E-state index is 0.0726. The Kier molecular flexibility index (Phi) is 5.00. The molecular weight excluding hydrogens is 436 g/mol. The number of hydrogen-bond acceptors (Lipinski definition) is 4. The smallest absolute Gasteiger partial charge is 0.288 e. The lowest BCUT2D eigenvalue weighted by Crippen LogP contribution is -2.17. The molecule has 0 saturated heterocycles. The van der Waals surface area contributed by atoms with Crippen molar-refractivity contribution in [2.24, 2.45) is 7.05 Å². The first-order valence-corrected chi connectivity index (χ1v) is 8.20. The van der Waals surface area contributed by atoms with Gasteiger partial charge in [0.2, 0.25) is 5.95 Å². The Morgan fingerprint density at radius 3 is 2.59 bits per heavy atom. The quantitative estimate of drug-likeness (QED) is 0.624. The van der Waals surface area contributed by atoms with Crippen LogP contribution >= 0.6 is 15.9 Å². The van der Waals surface area contributed by atoms with Crippen LogP contribution in [0.1, 0.15) is 21.7 Å². The highest BCUT2D eigenvalue weighted by Gasteiger charge is 2.39. The molecule has 2 aromatic heterocycles. The van der Waals surface area contributed by atoms with Gasteiger partial charge < -0.3 is 0 Å². The largest absolute Gasteiger partial charge is 0.436 e. The zero-order valence-corrected chi connectivity index (χ0v) is 15.2. The number of nitrogens with one attached hydrogen (secondary N) is 1. The minimum Gasteiger partial charge on any atom is -0.288 e. The standard InChI is InChI=1S/C15H11BrF4N6O/c1-25-11(10(16)12(23-25)15(18,19)20)13(27)22-14-21-7-26(24-14)6-8-4-2-3-5-9(8)17/h2-5,7H,6H2,1H3,(H,22,24,27). The summed E-state index contributed by atoms with van der Waals surface area (Å²) in [4.78, 5) is 16.2. The number of hydrogen-bond donors (Lipinski definition) is 1. The third kappa shape index (κ3) is 3.99. The van der Waals surface area contributed by atoms with Gasteiger partial charge in [0, 0.05) is 12.6 Å². The van der Waals surface area contributed by atoms with Gasteiger partial charge >= 0.3 is 6.18 Å². The summed E-state index contributed by atoms with van der Waals surface area (Å²) in [5.74, 6) is -1.44. The Morgan fingerprint density at radius 1 is 1.26 bits per heavy atom. The predicted molar refractivity (Wildman–Crippen MR) is 89.4 cm³/mol. The molecule has 0 unspecified atom stereocenters. The molecule has 1 amide bonds. The second-order valence-corrected chi connectivity index (χ2v) is 6.24. The zero-order valence-electron chi connectivity index (χ0n) is 13.6. The lowest BCUT2D eigenvalue weighted by molar-refractivity contribution is -0.142. The monoisotopic (exact) mass is 446 g/mol. The van der Waals surface area contributed by atoms with Crippen molar-refractivity contribution in [3.8, 4) is 0 Å². The van der Waals surface area contributed by atoms with Crippen LogP contribution in [-0.2, 0) is 19.8 Å².